The Morgan fingerprint density at radius 1 is 1.23 bits per heavy atom. The smallest absolute Gasteiger partial charge is 0.141 e. The lowest BCUT2D eigenvalue weighted by Crippen LogP contribution is -2.35. The summed E-state index contributed by atoms with van der Waals surface area (Å²) >= 11 is 0. The van der Waals surface area contributed by atoms with Crippen LogP contribution in [0.25, 0.3) is 0 Å². The minimum atomic E-state index is 0.119. The molecule has 1 heterocycles. The highest BCUT2D eigenvalue weighted by molar-refractivity contribution is 5.01. The predicted molar refractivity (Wildman–Crippen MR) is 53.4 cm³/mol. The Bertz CT molecular complexity index is 258. The number of hydrogen-bond acceptors (Lipinski definition) is 3. The fourth-order valence-corrected chi connectivity index (χ4v) is 0.855. The molecule has 0 saturated carbocycles. The highest BCUT2D eigenvalue weighted by Crippen LogP contribution is 2.00. The summed E-state index contributed by atoms with van der Waals surface area (Å²) in [6.07, 6.45) is 3.68. The largest absolute Gasteiger partial charge is 0.305 e. The van der Waals surface area contributed by atoms with Gasteiger partial charge >= 0.3 is 0 Å². The number of hydrogen-bond donors (Lipinski definition) is 1. The molecular weight excluding hydrogens is 162 g/mol. The van der Waals surface area contributed by atoms with Crippen LogP contribution >= 0.6 is 0 Å². The van der Waals surface area contributed by atoms with Gasteiger partial charge in [0, 0.05) is 17.9 Å². The summed E-state index contributed by atoms with van der Waals surface area (Å²) in [6, 6.07) is 0. The molecule has 1 rings (SSSR count). The van der Waals surface area contributed by atoms with Crippen LogP contribution in [0.4, 0.5) is 0 Å². The Labute approximate surface area is 79.6 Å². The molecule has 1 aromatic rings. The molecule has 0 aromatic carbocycles. The van der Waals surface area contributed by atoms with E-state index >= 15 is 0 Å². The van der Waals surface area contributed by atoms with Crippen LogP contribution in [0.5, 0.6) is 0 Å². The van der Waals surface area contributed by atoms with Crippen molar-refractivity contribution in [2.24, 2.45) is 0 Å². The van der Waals surface area contributed by atoms with E-state index in [-0.39, 0.29) is 5.54 Å². The maximum atomic E-state index is 4.21. The second-order valence-electron chi connectivity index (χ2n) is 4.28. The van der Waals surface area contributed by atoms with E-state index in [2.05, 4.69) is 36.1 Å². The van der Waals surface area contributed by atoms with E-state index in [1.165, 1.54) is 0 Å². The van der Waals surface area contributed by atoms with Crippen molar-refractivity contribution in [3.05, 3.63) is 23.8 Å². The highest BCUT2D eigenvalue weighted by atomic mass is 15.0. The molecule has 1 aromatic heterocycles. The zero-order valence-corrected chi connectivity index (χ0v) is 8.76. The maximum absolute atomic E-state index is 4.21. The first kappa shape index (κ1) is 10.1. The van der Waals surface area contributed by atoms with Gasteiger partial charge in [-0.15, -0.1) is 0 Å². The maximum Gasteiger partial charge on any atom is 0.141 e. The van der Waals surface area contributed by atoms with Crippen molar-refractivity contribution in [1.29, 1.82) is 0 Å². The van der Waals surface area contributed by atoms with Crippen molar-refractivity contribution in [1.82, 2.24) is 15.3 Å². The van der Waals surface area contributed by atoms with Gasteiger partial charge in [0.05, 0.1) is 6.54 Å². The summed E-state index contributed by atoms with van der Waals surface area (Å²) in [6.45, 7) is 9.09. The van der Waals surface area contributed by atoms with E-state index in [9.17, 15) is 0 Å². The van der Waals surface area contributed by atoms with E-state index in [0.29, 0.717) is 0 Å². The van der Waals surface area contributed by atoms with Crippen molar-refractivity contribution in [2.45, 2.75) is 39.8 Å². The molecule has 13 heavy (non-hydrogen) atoms. The molecule has 3 heteroatoms. The van der Waals surface area contributed by atoms with Crippen molar-refractivity contribution in [3.8, 4) is 0 Å². The highest BCUT2D eigenvalue weighted by Gasteiger charge is 2.08. The van der Waals surface area contributed by atoms with Gasteiger partial charge in [0.25, 0.3) is 0 Å². The third kappa shape index (κ3) is 3.99. The van der Waals surface area contributed by atoms with E-state index in [0.717, 1.165) is 17.9 Å². The number of rotatable bonds is 2. The van der Waals surface area contributed by atoms with Gasteiger partial charge in [-0.05, 0) is 33.3 Å². The molecular formula is C10H17N3. The molecule has 72 valence electrons. The van der Waals surface area contributed by atoms with Gasteiger partial charge in [-0.2, -0.15) is 0 Å². The van der Waals surface area contributed by atoms with Crippen LogP contribution in [0.15, 0.2) is 12.4 Å². The third-order valence-corrected chi connectivity index (χ3v) is 1.61. The lowest BCUT2D eigenvalue weighted by molar-refractivity contribution is 0.417. The molecule has 3 nitrogen and oxygen atoms in total. The molecule has 0 aliphatic rings. The van der Waals surface area contributed by atoms with Crippen LogP contribution in [0.1, 0.15) is 32.2 Å². The molecule has 0 radical (unpaired) electrons. The quantitative estimate of drug-likeness (QED) is 0.750. The molecule has 0 aliphatic heterocycles. The Morgan fingerprint density at radius 3 is 2.23 bits per heavy atom. The van der Waals surface area contributed by atoms with E-state index < -0.39 is 0 Å². The van der Waals surface area contributed by atoms with Crippen molar-refractivity contribution < 1.29 is 0 Å². The summed E-state index contributed by atoms with van der Waals surface area (Å²) in [4.78, 5) is 8.42. The van der Waals surface area contributed by atoms with Gasteiger partial charge in [0.2, 0.25) is 0 Å². The molecule has 0 saturated heterocycles. The zero-order chi connectivity index (χ0) is 9.90. The number of aromatic nitrogens is 2. The fraction of sp³-hybridized carbons (Fsp3) is 0.600. The Morgan fingerprint density at radius 2 is 1.77 bits per heavy atom. The topological polar surface area (TPSA) is 37.8 Å². The molecule has 0 atom stereocenters. The zero-order valence-electron chi connectivity index (χ0n) is 8.76. The van der Waals surface area contributed by atoms with Gasteiger partial charge in [0.1, 0.15) is 5.82 Å². The monoisotopic (exact) mass is 179 g/mol. The lowest BCUT2D eigenvalue weighted by Gasteiger charge is -2.19. The number of nitrogens with one attached hydrogen (secondary N) is 1. The van der Waals surface area contributed by atoms with Gasteiger partial charge in [-0.1, -0.05) is 0 Å². The van der Waals surface area contributed by atoms with Gasteiger partial charge in [-0.25, -0.2) is 9.97 Å². The average Bonchev–Trinajstić information content (AvgIpc) is 2.02. The summed E-state index contributed by atoms with van der Waals surface area (Å²) in [5.41, 5.74) is 1.22. The fourth-order valence-electron chi connectivity index (χ4n) is 0.855. The molecule has 0 unspecified atom stereocenters. The van der Waals surface area contributed by atoms with Crippen LogP contribution in [0, 0.1) is 6.92 Å². The average molecular weight is 179 g/mol. The van der Waals surface area contributed by atoms with Crippen LogP contribution in [0.2, 0.25) is 0 Å². The van der Waals surface area contributed by atoms with Crippen LogP contribution in [-0.2, 0) is 6.54 Å². The van der Waals surface area contributed by atoms with Crippen LogP contribution in [-0.4, -0.2) is 15.5 Å². The molecule has 0 amide bonds. The molecule has 0 bridgehead atoms. The SMILES string of the molecule is Cc1cnc(CNC(C)(C)C)nc1. The van der Waals surface area contributed by atoms with Crippen molar-refractivity contribution >= 4 is 0 Å². The van der Waals surface area contributed by atoms with Crippen molar-refractivity contribution in [2.75, 3.05) is 0 Å². The van der Waals surface area contributed by atoms with Crippen LogP contribution in [0.3, 0.4) is 0 Å². The number of aryl methyl sites for hydroxylation is 1. The van der Waals surface area contributed by atoms with Gasteiger partial charge in [0.15, 0.2) is 0 Å². The van der Waals surface area contributed by atoms with E-state index in [1.807, 2.05) is 19.3 Å². The van der Waals surface area contributed by atoms with E-state index in [1.54, 1.807) is 0 Å². The first-order chi connectivity index (χ1) is 5.97. The van der Waals surface area contributed by atoms with Gasteiger partial charge < -0.3 is 5.32 Å². The Balaban J connectivity index is 2.51. The number of nitrogens with zero attached hydrogens (tertiary/aromatic N) is 2. The lowest BCUT2D eigenvalue weighted by atomic mass is 10.1. The van der Waals surface area contributed by atoms with E-state index in [4.69, 9.17) is 0 Å². The normalized spacial score (nSPS) is 11.7. The standard InChI is InChI=1S/C10H17N3/c1-8-5-11-9(12-6-8)7-13-10(2,3)4/h5-6,13H,7H2,1-4H3. The van der Waals surface area contributed by atoms with Gasteiger partial charge in [-0.3, -0.25) is 0 Å². The third-order valence-electron chi connectivity index (χ3n) is 1.61. The Hall–Kier alpha value is -0.960. The molecule has 0 spiro atoms. The molecule has 1 N–H and O–H groups in total. The second kappa shape index (κ2) is 3.83. The summed E-state index contributed by atoms with van der Waals surface area (Å²) < 4.78 is 0. The molecule has 0 aliphatic carbocycles. The van der Waals surface area contributed by atoms with Crippen LogP contribution < -0.4 is 5.32 Å². The molecule has 0 fully saturated rings. The van der Waals surface area contributed by atoms with Crippen molar-refractivity contribution in [3.63, 3.8) is 0 Å². The minimum absolute atomic E-state index is 0.119. The summed E-state index contributed by atoms with van der Waals surface area (Å²) in [5.74, 6) is 0.848. The second-order valence-corrected chi connectivity index (χ2v) is 4.28. The Kier molecular flexibility index (Phi) is 2.98. The summed E-state index contributed by atoms with van der Waals surface area (Å²) in [5, 5.41) is 3.33. The first-order valence-electron chi connectivity index (χ1n) is 4.50. The minimum Gasteiger partial charge on any atom is -0.305 e. The predicted octanol–water partition coefficient (Wildman–Crippen LogP) is 1.67. The first-order valence-corrected chi connectivity index (χ1v) is 4.50. The summed E-state index contributed by atoms with van der Waals surface area (Å²) in [7, 11) is 0.